The smallest absolute Gasteiger partial charge is 0.419 e. The molecule has 6 heteroatoms. The quantitative estimate of drug-likeness (QED) is 0.780. The highest BCUT2D eigenvalue weighted by Gasteiger charge is 2.41. The van der Waals surface area contributed by atoms with E-state index >= 15 is 0 Å². The van der Waals surface area contributed by atoms with Crippen LogP contribution in [0.2, 0.25) is 0 Å². The molecular formula is C21H22F3NO2. The molecule has 27 heavy (non-hydrogen) atoms. The van der Waals surface area contributed by atoms with Crippen molar-refractivity contribution in [3.8, 4) is 11.5 Å². The third-order valence-corrected chi connectivity index (χ3v) is 5.44. The van der Waals surface area contributed by atoms with Gasteiger partial charge in [-0.15, -0.1) is 0 Å². The summed E-state index contributed by atoms with van der Waals surface area (Å²) in [6.45, 7) is 2.56. The minimum atomic E-state index is -4.40. The highest BCUT2D eigenvalue weighted by atomic mass is 19.4. The normalized spacial score (nSPS) is 18.9. The van der Waals surface area contributed by atoms with E-state index in [0.717, 1.165) is 44.2 Å². The molecule has 0 unspecified atom stereocenters. The molecule has 0 bridgehead atoms. The van der Waals surface area contributed by atoms with E-state index in [9.17, 15) is 13.2 Å². The van der Waals surface area contributed by atoms with Crippen LogP contribution in [-0.4, -0.2) is 36.7 Å². The molecule has 1 saturated heterocycles. The number of fused-ring (bicyclic) bond motifs is 1. The summed E-state index contributed by atoms with van der Waals surface area (Å²) >= 11 is 0. The Kier molecular flexibility index (Phi) is 4.76. The summed E-state index contributed by atoms with van der Waals surface area (Å²) in [5.74, 6) is 0.881. The topological polar surface area (TPSA) is 21.7 Å². The molecule has 0 atom stereocenters. The van der Waals surface area contributed by atoms with E-state index in [-0.39, 0.29) is 18.0 Å². The molecule has 2 aromatic carbocycles. The maximum absolute atomic E-state index is 13.0. The van der Waals surface area contributed by atoms with Crippen molar-refractivity contribution in [1.29, 1.82) is 0 Å². The Morgan fingerprint density at radius 3 is 2.44 bits per heavy atom. The fourth-order valence-corrected chi connectivity index (χ4v) is 3.94. The Labute approximate surface area is 156 Å². The number of ether oxygens (including phenoxy) is 2. The summed E-state index contributed by atoms with van der Waals surface area (Å²) in [4.78, 5) is 2.23. The number of nitrogens with zero attached hydrogens (tertiary/aromatic N) is 1. The van der Waals surface area contributed by atoms with Crippen LogP contribution in [-0.2, 0) is 12.6 Å². The largest absolute Gasteiger partial charge is 0.492 e. The molecule has 0 aliphatic carbocycles. The summed E-state index contributed by atoms with van der Waals surface area (Å²) in [6, 6.07) is 13.5. The van der Waals surface area contributed by atoms with Gasteiger partial charge in [-0.3, -0.25) is 4.90 Å². The van der Waals surface area contributed by atoms with Crippen LogP contribution in [0.3, 0.4) is 0 Å². The van der Waals surface area contributed by atoms with Gasteiger partial charge in [0.15, 0.2) is 0 Å². The molecule has 144 valence electrons. The van der Waals surface area contributed by atoms with Crippen LogP contribution in [0, 0.1) is 0 Å². The van der Waals surface area contributed by atoms with Gasteiger partial charge in [0.1, 0.15) is 23.7 Å². The van der Waals surface area contributed by atoms with Crippen molar-refractivity contribution in [1.82, 2.24) is 4.90 Å². The number of likely N-dealkylation sites (tertiary alicyclic amines) is 1. The van der Waals surface area contributed by atoms with Crippen molar-refractivity contribution in [3.05, 3.63) is 59.7 Å². The van der Waals surface area contributed by atoms with Crippen LogP contribution in [0.5, 0.6) is 11.5 Å². The summed E-state index contributed by atoms with van der Waals surface area (Å²) in [5, 5.41) is 0. The fourth-order valence-electron chi connectivity index (χ4n) is 3.94. The highest BCUT2D eigenvalue weighted by molar-refractivity contribution is 5.39. The van der Waals surface area contributed by atoms with Crippen LogP contribution in [0.15, 0.2) is 48.5 Å². The minimum absolute atomic E-state index is 0.104. The minimum Gasteiger partial charge on any atom is -0.492 e. The van der Waals surface area contributed by atoms with Gasteiger partial charge < -0.3 is 9.47 Å². The number of halogens is 3. The molecule has 0 N–H and O–H groups in total. The van der Waals surface area contributed by atoms with Gasteiger partial charge in [0.2, 0.25) is 0 Å². The van der Waals surface area contributed by atoms with Crippen molar-refractivity contribution in [2.75, 3.05) is 26.2 Å². The molecule has 0 saturated carbocycles. The number of alkyl halides is 3. The molecule has 2 aromatic rings. The van der Waals surface area contributed by atoms with Gasteiger partial charge in [-0.1, -0.05) is 30.3 Å². The van der Waals surface area contributed by atoms with E-state index < -0.39 is 11.7 Å². The lowest BCUT2D eigenvalue weighted by Crippen LogP contribution is -2.48. The summed E-state index contributed by atoms with van der Waals surface area (Å²) in [6.07, 6.45) is -1.63. The average Bonchev–Trinajstić information content (AvgIpc) is 3.01. The first-order valence-electron chi connectivity index (χ1n) is 9.24. The molecule has 3 nitrogen and oxygen atoms in total. The maximum Gasteiger partial charge on any atom is 0.419 e. The van der Waals surface area contributed by atoms with E-state index in [1.54, 1.807) is 6.07 Å². The lowest BCUT2D eigenvalue weighted by atomic mass is 9.87. The Morgan fingerprint density at radius 2 is 1.70 bits per heavy atom. The zero-order valence-electron chi connectivity index (χ0n) is 15.0. The Bertz CT molecular complexity index is 771. The maximum atomic E-state index is 13.0. The van der Waals surface area contributed by atoms with Crippen molar-refractivity contribution in [3.63, 3.8) is 0 Å². The van der Waals surface area contributed by atoms with E-state index in [1.807, 2.05) is 18.2 Å². The second-order valence-corrected chi connectivity index (χ2v) is 7.25. The SMILES string of the molecule is FC(F)(F)c1ccccc1OCCN1CCC2(CC1)Cc1ccccc1O2. The predicted molar refractivity (Wildman–Crippen MR) is 96.1 cm³/mol. The van der Waals surface area contributed by atoms with Crippen LogP contribution in [0.1, 0.15) is 24.0 Å². The van der Waals surface area contributed by atoms with Gasteiger partial charge in [-0.2, -0.15) is 13.2 Å². The first-order chi connectivity index (χ1) is 13.0. The first-order valence-corrected chi connectivity index (χ1v) is 9.24. The fraction of sp³-hybridized carbons (Fsp3) is 0.429. The third kappa shape index (κ3) is 3.90. The van der Waals surface area contributed by atoms with Crippen molar-refractivity contribution < 1.29 is 22.6 Å². The number of para-hydroxylation sites is 2. The molecular weight excluding hydrogens is 355 g/mol. The van der Waals surface area contributed by atoms with E-state index in [2.05, 4.69) is 11.0 Å². The van der Waals surface area contributed by atoms with E-state index in [4.69, 9.17) is 9.47 Å². The molecule has 4 rings (SSSR count). The van der Waals surface area contributed by atoms with Crippen molar-refractivity contribution >= 4 is 0 Å². The number of hydrogen-bond donors (Lipinski definition) is 0. The lowest BCUT2D eigenvalue weighted by Gasteiger charge is -2.38. The van der Waals surface area contributed by atoms with Crippen molar-refractivity contribution in [2.24, 2.45) is 0 Å². The Morgan fingerprint density at radius 1 is 1.00 bits per heavy atom. The number of piperidine rings is 1. The molecule has 1 spiro atoms. The summed E-state index contributed by atoms with van der Waals surface area (Å²) < 4.78 is 50.7. The van der Waals surface area contributed by atoms with Crippen LogP contribution >= 0.6 is 0 Å². The van der Waals surface area contributed by atoms with Gasteiger partial charge in [0, 0.05) is 38.9 Å². The molecule has 2 aliphatic heterocycles. The highest BCUT2D eigenvalue weighted by Crippen LogP contribution is 2.41. The van der Waals surface area contributed by atoms with Gasteiger partial charge in [-0.25, -0.2) is 0 Å². The second kappa shape index (κ2) is 7.08. The van der Waals surface area contributed by atoms with Gasteiger partial charge in [0.25, 0.3) is 0 Å². The van der Waals surface area contributed by atoms with Gasteiger partial charge in [-0.05, 0) is 23.8 Å². The summed E-state index contributed by atoms with van der Waals surface area (Å²) in [7, 11) is 0. The zero-order chi connectivity index (χ0) is 18.9. The Hall–Kier alpha value is -2.21. The standard InChI is InChI=1S/C21H22F3NO2/c22-21(23,24)17-6-2-4-8-19(17)26-14-13-25-11-9-20(10-12-25)15-16-5-1-3-7-18(16)27-20/h1-8H,9-15H2. The zero-order valence-corrected chi connectivity index (χ0v) is 15.0. The number of benzene rings is 2. The molecule has 0 amide bonds. The molecule has 2 aliphatic rings. The molecule has 0 aromatic heterocycles. The lowest BCUT2D eigenvalue weighted by molar-refractivity contribution is -0.139. The Balaban J connectivity index is 1.28. The summed E-state index contributed by atoms with van der Waals surface area (Å²) in [5.41, 5.74) is 0.418. The first kappa shape index (κ1) is 18.2. The van der Waals surface area contributed by atoms with E-state index in [0.29, 0.717) is 6.54 Å². The average molecular weight is 377 g/mol. The van der Waals surface area contributed by atoms with E-state index in [1.165, 1.54) is 17.7 Å². The second-order valence-electron chi connectivity index (χ2n) is 7.25. The van der Waals surface area contributed by atoms with Crippen LogP contribution < -0.4 is 9.47 Å². The number of rotatable bonds is 4. The molecule has 0 radical (unpaired) electrons. The molecule has 2 heterocycles. The monoisotopic (exact) mass is 377 g/mol. The van der Waals surface area contributed by atoms with Crippen LogP contribution in [0.4, 0.5) is 13.2 Å². The predicted octanol–water partition coefficient (Wildman–Crippen LogP) is 4.55. The third-order valence-electron chi connectivity index (χ3n) is 5.44. The number of hydrogen-bond acceptors (Lipinski definition) is 3. The molecule has 1 fully saturated rings. The van der Waals surface area contributed by atoms with Crippen LogP contribution in [0.25, 0.3) is 0 Å². The van der Waals surface area contributed by atoms with Gasteiger partial charge in [0.05, 0.1) is 5.56 Å². The van der Waals surface area contributed by atoms with Gasteiger partial charge >= 0.3 is 6.18 Å². The van der Waals surface area contributed by atoms with Crippen molar-refractivity contribution in [2.45, 2.75) is 31.0 Å².